The van der Waals surface area contributed by atoms with Gasteiger partial charge in [-0.15, -0.1) is 12.4 Å². The molecule has 2 aliphatic rings. The van der Waals surface area contributed by atoms with Crippen LogP contribution in [0.15, 0.2) is 24.3 Å². The minimum atomic E-state index is -0.337. The van der Waals surface area contributed by atoms with Crippen LogP contribution in [0.2, 0.25) is 0 Å². The zero-order valence-corrected chi connectivity index (χ0v) is 12.0. The number of hydrogen-bond acceptors (Lipinski definition) is 2. The fraction of sp³-hybridized carbons (Fsp3) is 0.500. The fourth-order valence-electron chi connectivity index (χ4n) is 3.02. The third-order valence-corrected chi connectivity index (χ3v) is 4.13. The van der Waals surface area contributed by atoms with Gasteiger partial charge in [0.1, 0.15) is 5.82 Å². The average Bonchev–Trinajstić information content (AvgIpc) is 3.00. The van der Waals surface area contributed by atoms with Crippen molar-refractivity contribution in [3.63, 3.8) is 0 Å². The highest BCUT2D eigenvalue weighted by molar-refractivity contribution is 5.89. The molecule has 2 heterocycles. The number of likely N-dealkylation sites (tertiary alicyclic amines) is 1. The minimum absolute atomic E-state index is 0. The summed E-state index contributed by atoms with van der Waals surface area (Å²) in [6, 6.07) is 5.86. The first-order valence-corrected chi connectivity index (χ1v) is 6.69. The molecule has 2 amide bonds. The molecule has 1 unspecified atom stereocenters. The number of nitrogens with one attached hydrogen (secondary N) is 2. The Morgan fingerprint density at radius 1 is 1.40 bits per heavy atom. The maximum atomic E-state index is 13.1. The van der Waals surface area contributed by atoms with E-state index in [2.05, 4.69) is 10.6 Å². The molecule has 0 aliphatic carbocycles. The van der Waals surface area contributed by atoms with Crippen LogP contribution in [0.5, 0.6) is 0 Å². The van der Waals surface area contributed by atoms with Gasteiger partial charge in [-0.3, -0.25) is 0 Å². The summed E-state index contributed by atoms with van der Waals surface area (Å²) in [4.78, 5) is 14.0. The number of carbonyl (C=O) groups is 1. The number of amides is 2. The molecule has 110 valence electrons. The highest BCUT2D eigenvalue weighted by atomic mass is 35.5. The maximum absolute atomic E-state index is 13.1. The first kappa shape index (κ1) is 15.1. The summed E-state index contributed by atoms with van der Waals surface area (Å²) in [6.07, 6.45) is 2.19. The number of nitrogens with zero attached hydrogens (tertiary/aromatic N) is 1. The Hall–Kier alpha value is -1.33. The molecule has 0 bridgehead atoms. The second-order valence-electron chi connectivity index (χ2n) is 5.54. The van der Waals surface area contributed by atoms with Crippen LogP contribution >= 0.6 is 12.4 Å². The average molecular weight is 300 g/mol. The van der Waals surface area contributed by atoms with Crippen molar-refractivity contribution >= 4 is 24.1 Å². The standard InChI is InChI=1S/C14H18FN3O.ClH/c15-11-2-1-3-12(8-11)17-13(19)18-7-5-14(10-18)4-6-16-9-14;/h1-3,8,16H,4-7,9-10H2,(H,17,19);1H. The van der Waals surface area contributed by atoms with Gasteiger partial charge >= 0.3 is 6.03 Å². The molecular formula is C14H19ClFN3O. The van der Waals surface area contributed by atoms with Gasteiger partial charge in [-0.2, -0.15) is 0 Å². The Labute approximate surface area is 124 Å². The lowest BCUT2D eigenvalue weighted by molar-refractivity contribution is 0.215. The maximum Gasteiger partial charge on any atom is 0.321 e. The van der Waals surface area contributed by atoms with Crippen molar-refractivity contribution in [2.75, 3.05) is 31.5 Å². The van der Waals surface area contributed by atoms with Crippen LogP contribution in [0.25, 0.3) is 0 Å². The predicted molar refractivity (Wildman–Crippen MR) is 78.8 cm³/mol. The summed E-state index contributed by atoms with van der Waals surface area (Å²) in [7, 11) is 0. The Morgan fingerprint density at radius 3 is 2.95 bits per heavy atom. The monoisotopic (exact) mass is 299 g/mol. The highest BCUT2D eigenvalue weighted by Gasteiger charge is 2.41. The van der Waals surface area contributed by atoms with Gasteiger partial charge in [0.15, 0.2) is 0 Å². The van der Waals surface area contributed by atoms with E-state index < -0.39 is 0 Å². The topological polar surface area (TPSA) is 44.4 Å². The lowest BCUT2D eigenvalue weighted by Gasteiger charge is -2.23. The van der Waals surface area contributed by atoms with Gasteiger partial charge in [0, 0.05) is 30.7 Å². The molecule has 2 fully saturated rings. The summed E-state index contributed by atoms with van der Waals surface area (Å²) in [5.74, 6) is -0.337. The van der Waals surface area contributed by atoms with Gasteiger partial charge in [0.05, 0.1) is 0 Å². The van der Waals surface area contributed by atoms with E-state index >= 15 is 0 Å². The molecule has 1 atom stereocenters. The number of halogens is 2. The number of urea groups is 1. The molecule has 0 radical (unpaired) electrons. The van der Waals surface area contributed by atoms with Gasteiger partial charge in [-0.25, -0.2) is 9.18 Å². The first-order chi connectivity index (χ1) is 9.17. The second kappa shape index (κ2) is 5.97. The van der Waals surface area contributed by atoms with E-state index in [9.17, 15) is 9.18 Å². The van der Waals surface area contributed by atoms with Gasteiger partial charge in [0.25, 0.3) is 0 Å². The third-order valence-electron chi connectivity index (χ3n) is 4.13. The van der Waals surface area contributed by atoms with Crippen LogP contribution < -0.4 is 10.6 Å². The van der Waals surface area contributed by atoms with Gasteiger partial charge in [-0.1, -0.05) is 6.07 Å². The van der Waals surface area contributed by atoms with Crippen molar-refractivity contribution in [2.45, 2.75) is 12.8 Å². The molecule has 3 rings (SSSR count). The summed E-state index contributed by atoms with van der Waals surface area (Å²) in [5, 5.41) is 6.12. The van der Waals surface area contributed by atoms with Gasteiger partial charge in [0.2, 0.25) is 0 Å². The van der Waals surface area contributed by atoms with E-state index in [1.807, 2.05) is 4.90 Å². The minimum Gasteiger partial charge on any atom is -0.324 e. The molecule has 4 nitrogen and oxygen atoms in total. The zero-order chi connectivity index (χ0) is 13.3. The van der Waals surface area contributed by atoms with E-state index in [1.165, 1.54) is 12.1 Å². The van der Waals surface area contributed by atoms with Gasteiger partial charge < -0.3 is 15.5 Å². The normalized spacial score (nSPS) is 24.8. The molecule has 1 aromatic carbocycles. The summed E-state index contributed by atoms with van der Waals surface area (Å²) in [5.41, 5.74) is 0.773. The number of carbonyl (C=O) groups excluding carboxylic acids is 1. The van der Waals surface area contributed by atoms with Crippen molar-refractivity contribution in [3.8, 4) is 0 Å². The van der Waals surface area contributed by atoms with E-state index in [1.54, 1.807) is 12.1 Å². The highest BCUT2D eigenvalue weighted by Crippen LogP contribution is 2.36. The van der Waals surface area contributed by atoms with E-state index in [4.69, 9.17) is 0 Å². The Balaban J connectivity index is 0.00000147. The molecule has 2 aliphatic heterocycles. The number of rotatable bonds is 1. The predicted octanol–water partition coefficient (Wildman–Crippen LogP) is 2.46. The van der Waals surface area contributed by atoms with E-state index in [0.29, 0.717) is 5.69 Å². The van der Waals surface area contributed by atoms with Crippen LogP contribution in [-0.2, 0) is 0 Å². The van der Waals surface area contributed by atoms with E-state index in [0.717, 1.165) is 39.0 Å². The van der Waals surface area contributed by atoms with Gasteiger partial charge in [-0.05, 0) is 37.6 Å². The molecule has 0 aromatic heterocycles. The molecule has 1 aromatic rings. The van der Waals surface area contributed by atoms with Crippen molar-refractivity contribution < 1.29 is 9.18 Å². The third kappa shape index (κ3) is 3.04. The quantitative estimate of drug-likeness (QED) is 0.837. The number of anilines is 1. The Morgan fingerprint density at radius 2 is 2.25 bits per heavy atom. The molecule has 2 saturated heterocycles. The zero-order valence-electron chi connectivity index (χ0n) is 11.2. The van der Waals surface area contributed by atoms with E-state index in [-0.39, 0.29) is 29.7 Å². The van der Waals surface area contributed by atoms with Crippen LogP contribution in [0.4, 0.5) is 14.9 Å². The molecule has 20 heavy (non-hydrogen) atoms. The van der Waals surface area contributed by atoms with Crippen molar-refractivity contribution in [2.24, 2.45) is 5.41 Å². The smallest absolute Gasteiger partial charge is 0.321 e. The summed E-state index contributed by atoms with van der Waals surface area (Å²) < 4.78 is 13.1. The van der Waals surface area contributed by atoms with Crippen LogP contribution in [0.3, 0.4) is 0 Å². The van der Waals surface area contributed by atoms with Crippen molar-refractivity contribution in [3.05, 3.63) is 30.1 Å². The van der Waals surface area contributed by atoms with Crippen LogP contribution in [0, 0.1) is 11.2 Å². The number of hydrogen-bond donors (Lipinski definition) is 2. The largest absolute Gasteiger partial charge is 0.324 e. The summed E-state index contributed by atoms with van der Waals surface area (Å²) >= 11 is 0. The number of benzene rings is 1. The SMILES string of the molecule is Cl.O=C(Nc1cccc(F)c1)N1CCC2(CCNC2)C1. The second-order valence-corrected chi connectivity index (χ2v) is 5.54. The van der Waals surface area contributed by atoms with Crippen molar-refractivity contribution in [1.29, 1.82) is 0 Å². The fourth-order valence-corrected chi connectivity index (χ4v) is 3.02. The molecule has 2 N–H and O–H groups in total. The Bertz CT molecular complexity index is 491. The molecule has 1 spiro atoms. The molecule has 6 heteroatoms. The lowest BCUT2D eigenvalue weighted by atomic mass is 9.87. The lowest BCUT2D eigenvalue weighted by Crippen LogP contribution is -2.36. The molecular weight excluding hydrogens is 281 g/mol. The summed E-state index contributed by atoms with van der Waals surface area (Å²) in [6.45, 7) is 3.61. The first-order valence-electron chi connectivity index (χ1n) is 6.69. The Kier molecular flexibility index (Phi) is 4.50. The molecule has 0 saturated carbocycles. The van der Waals surface area contributed by atoms with Crippen LogP contribution in [0.1, 0.15) is 12.8 Å². The van der Waals surface area contributed by atoms with Crippen LogP contribution in [-0.4, -0.2) is 37.1 Å². The van der Waals surface area contributed by atoms with Crippen molar-refractivity contribution in [1.82, 2.24) is 10.2 Å².